The quantitative estimate of drug-likeness (QED) is 0.408. The molecule has 2 amide bonds. The monoisotopic (exact) mass is 442 g/mol. The molecule has 29 heavy (non-hydrogen) atoms. The number of nitrogens with two attached hydrogens (primary N) is 2. The Bertz CT molecular complexity index is 883. The maximum atomic E-state index is 11.5. The highest BCUT2D eigenvalue weighted by Gasteiger charge is 2.15. The van der Waals surface area contributed by atoms with Crippen molar-refractivity contribution in [1.29, 1.82) is 0 Å². The first-order valence-electron chi connectivity index (χ1n) is 8.52. The first-order chi connectivity index (χ1) is 13.8. The fraction of sp³-hybridized carbons (Fsp3) is 0.353. The zero-order valence-electron chi connectivity index (χ0n) is 15.3. The number of hydrogen-bond acceptors (Lipinski definition) is 8. The van der Waals surface area contributed by atoms with Crippen LogP contribution in [-0.4, -0.2) is 58.0 Å². The number of nitrogens with zero attached hydrogens (tertiary/aromatic N) is 3. The van der Waals surface area contributed by atoms with Gasteiger partial charge < -0.3 is 26.6 Å². The lowest BCUT2D eigenvalue weighted by molar-refractivity contribution is -0.129. The van der Waals surface area contributed by atoms with Crippen LogP contribution in [0.25, 0.3) is 11.3 Å². The minimum atomic E-state index is -0.845. The van der Waals surface area contributed by atoms with Gasteiger partial charge in [0.05, 0.1) is 16.1 Å². The molecule has 12 heteroatoms. The van der Waals surface area contributed by atoms with Crippen LogP contribution in [0, 0.1) is 0 Å². The molecule has 156 valence electrons. The van der Waals surface area contributed by atoms with Crippen molar-refractivity contribution < 1.29 is 19.4 Å². The largest absolute Gasteiger partial charge is 0.391 e. The van der Waals surface area contributed by atoms with Gasteiger partial charge in [0.2, 0.25) is 11.8 Å². The third-order valence-corrected chi connectivity index (χ3v) is 4.50. The van der Waals surface area contributed by atoms with Crippen LogP contribution < -0.4 is 16.8 Å². The summed E-state index contributed by atoms with van der Waals surface area (Å²) >= 11 is 12.2. The number of nitrogen functional groups attached to an aromatic ring is 1. The number of carbonyl (C=O) groups is 2. The Morgan fingerprint density at radius 1 is 1.24 bits per heavy atom. The maximum absolute atomic E-state index is 11.5. The molecule has 1 aromatic carbocycles. The highest BCUT2D eigenvalue weighted by molar-refractivity contribution is 6.43. The van der Waals surface area contributed by atoms with Gasteiger partial charge in [-0.05, 0) is 12.5 Å². The Morgan fingerprint density at radius 2 is 2.00 bits per heavy atom. The van der Waals surface area contributed by atoms with Gasteiger partial charge in [0.25, 0.3) is 0 Å². The summed E-state index contributed by atoms with van der Waals surface area (Å²) in [6.07, 6.45) is -0.293. The maximum Gasteiger partial charge on any atom is 0.246 e. The number of rotatable bonds is 10. The van der Waals surface area contributed by atoms with Gasteiger partial charge in [0.1, 0.15) is 18.9 Å². The summed E-state index contributed by atoms with van der Waals surface area (Å²) in [6, 6.07) is 5.06. The Balaban J connectivity index is 1.85. The minimum absolute atomic E-state index is 0.00210. The lowest BCUT2D eigenvalue weighted by Gasteiger charge is -2.12. The van der Waals surface area contributed by atoms with Crippen LogP contribution in [-0.2, 0) is 20.7 Å². The molecule has 0 saturated heterocycles. The SMILES string of the molecule is NC(=O)COCC(=O)NCC(O)CCc1nnc(-c2cccc(Cl)c2Cl)c(N)n1. The van der Waals surface area contributed by atoms with E-state index in [-0.39, 0.29) is 38.4 Å². The number of aliphatic hydroxyl groups excluding tert-OH is 1. The average Bonchev–Trinajstić information content (AvgIpc) is 2.67. The number of amides is 2. The van der Waals surface area contributed by atoms with E-state index >= 15 is 0 Å². The molecule has 1 heterocycles. The van der Waals surface area contributed by atoms with Crippen LogP contribution in [0.3, 0.4) is 0 Å². The Morgan fingerprint density at radius 3 is 2.69 bits per heavy atom. The smallest absolute Gasteiger partial charge is 0.246 e. The molecule has 0 spiro atoms. The summed E-state index contributed by atoms with van der Waals surface area (Å²) in [4.78, 5) is 26.2. The van der Waals surface area contributed by atoms with Crippen molar-refractivity contribution in [3.63, 3.8) is 0 Å². The van der Waals surface area contributed by atoms with Crippen LogP contribution in [0.1, 0.15) is 12.2 Å². The van der Waals surface area contributed by atoms with Crippen molar-refractivity contribution in [3.8, 4) is 11.3 Å². The van der Waals surface area contributed by atoms with Crippen molar-refractivity contribution in [1.82, 2.24) is 20.5 Å². The summed E-state index contributed by atoms with van der Waals surface area (Å²) in [5, 5.41) is 21.2. The van der Waals surface area contributed by atoms with Gasteiger partial charge in [-0.25, -0.2) is 4.98 Å². The molecule has 0 aliphatic rings. The molecular weight excluding hydrogens is 423 g/mol. The second-order valence-corrected chi connectivity index (χ2v) is 6.80. The summed E-state index contributed by atoms with van der Waals surface area (Å²) in [6.45, 7) is -0.678. The number of primary amides is 1. The molecule has 0 aliphatic heterocycles. The molecule has 2 aromatic rings. The van der Waals surface area contributed by atoms with E-state index in [0.717, 1.165) is 0 Å². The molecule has 2 rings (SSSR count). The van der Waals surface area contributed by atoms with Crippen LogP contribution in [0.5, 0.6) is 0 Å². The van der Waals surface area contributed by atoms with E-state index in [0.29, 0.717) is 27.1 Å². The van der Waals surface area contributed by atoms with E-state index in [9.17, 15) is 14.7 Å². The second-order valence-electron chi connectivity index (χ2n) is 6.02. The molecule has 1 atom stereocenters. The van der Waals surface area contributed by atoms with Crippen molar-refractivity contribution in [2.75, 3.05) is 25.5 Å². The van der Waals surface area contributed by atoms with E-state index in [2.05, 4.69) is 20.5 Å². The van der Waals surface area contributed by atoms with Gasteiger partial charge >= 0.3 is 0 Å². The molecule has 10 nitrogen and oxygen atoms in total. The highest BCUT2D eigenvalue weighted by Crippen LogP contribution is 2.34. The number of carbonyl (C=O) groups excluding carboxylic acids is 2. The Hall–Kier alpha value is -2.53. The molecule has 0 radical (unpaired) electrons. The number of aromatic nitrogens is 3. The van der Waals surface area contributed by atoms with Gasteiger partial charge in [-0.3, -0.25) is 9.59 Å². The Kier molecular flexibility index (Phi) is 8.52. The topological polar surface area (TPSA) is 166 Å². The molecule has 0 aliphatic carbocycles. The minimum Gasteiger partial charge on any atom is -0.391 e. The molecule has 0 bridgehead atoms. The summed E-state index contributed by atoms with van der Waals surface area (Å²) in [5.74, 6) is -0.683. The van der Waals surface area contributed by atoms with Crippen LogP contribution in [0.4, 0.5) is 5.82 Å². The molecule has 0 saturated carbocycles. The number of hydrogen-bond donors (Lipinski definition) is 4. The first kappa shape index (κ1) is 22.8. The van der Waals surface area contributed by atoms with Gasteiger partial charge in [-0.1, -0.05) is 35.3 Å². The van der Waals surface area contributed by atoms with Gasteiger partial charge in [0, 0.05) is 18.5 Å². The number of aryl methyl sites for hydroxylation is 1. The fourth-order valence-electron chi connectivity index (χ4n) is 2.28. The fourth-order valence-corrected chi connectivity index (χ4v) is 2.67. The van der Waals surface area contributed by atoms with E-state index in [1.54, 1.807) is 18.2 Å². The van der Waals surface area contributed by atoms with Crippen molar-refractivity contribution in [3.05, 3.63) is 34.1 Å². The number of nitrogens with one attached hydrogen (secondary N) is 1. The Labute approximate surface area is 176 Å². The van der Waals surface area contributed by atoms with E-state index in [4.69, 9.17) is 39.4 Å². The molecular formula is C17H20Cl2N6O4. The third kappa shape index (κ3) is 7.09. The van der Waals surface area contributed by atoms with Crippen LogP contribution in [0.2, 0.25) is 10.0 Å². The zero-order chi connectivity index (χ0) is 21.4. The summed E-state index contributed by atoms with van der Waals surface area (Å²) in [5.41, 5.74) is 11.7. The van der Waals surface area contributed by atoms with Gasteiger partial charge in [-0.15, -0.1) is 10.2 Å². The molecule has 1 unspecified atom stereocenters. The third-order valence-electron chi connectivity index (χ3n) is 3.68. The molecule has 1 aromatic heterocycles. The van der Waals surface area contributed by atoms with E-state index in [1.165, 1.54) is 0 Å². The molecule has 0 fully saturated rings. The lowest BCUT2D eigenvalue weighted by Crippen LogP contribution is -2.35. The number of aliphatic hydroxyl groups is 1. The zero-order valence-corrected chi connectivity index (χ0v) is 16.8. The standard InChI is InChI=1S/C17H20Cl2N6O4/c18-11-3-1-2-10(15(11)19)16-17(21)23-13(24-25-16)5-4-9(26)6-22-14(28)8-29-7-12(20)27/h1-3,9,26H,4-8H2,(H2,20,27)(H,22,28)(H2,21,23,24). The number of benzene rings is 1. The van der Waals surface area contributed by atoms with Gasteiger partial charge in [0.15, 0.2) is 11.6 Å². The highest BCUT2D eigenvalue weighted by atomic mass is 35.5. The normalized spacial score (nSPS) is 11.8. The second kappa shape index (κ2) is 10.9. The van der Waals surface area contributed by atoms with Crippen molar-refractivity contribution >= 4 is 40.8 Å². The first-order valence-corrected chi connectivity index (χ1v) is 9.27. The number of ether oxygens (including phenoxy) is 1. The number of anilines is 1. The van der Waals surface area contributed by atoms with Crippen molar-refractivity contribution in [2.24, 2.45) is 5.73 Å². The number of halogens is 2. The van der Waals surface area contributed by atoms with E-state index in [1.807, 2.05) is 0 Å². The van der Waals surface area contributed by atoms with Crippen molar-refractivity contribution in [2.45, 2.75) is 18.9 Å². The summed E-state index contributed by atoms with van der Waals surface area (Å²) in [7, 11) is 0. The lowest BCUT2D eigenvalue weighted by atomic mass is 10.1. The van der Waals surface area contributed by atoms with Gasteiger partial charge in [-0.2, -0.15) is 0 Å². The van der Waals surface area contributed by atoms with E-state index < -0.39 is 17.9 Å². The summed E-state index contributed by atoms with van der Waals surface area (Å²) < 4.78 is 4.77. The molecule has 6 N–H and O–H groups in total. The predicted molar refractivity (Wildman–Crippen MR) is 107 cm³/mol. The predicted octanol–water partition coefficient (Wildman–Crippen LogP) is 0.339. The van der Waals surface area contributed by atoms with Crippen LogP contribution >= 0.6 is 23.2 Å². The van der Waals surface area contributed by atoms with Crippen LogP contribution in [0.15, 0.2) is 18.2 Å². The average molecular weight is 443 g/mol.